The topological polar surface area (TPSA) is 124 Å². The number of H-pyrrole nitrogens is 2. The number of benzene rings is 1. The van der Waals surface area contributed by atoms with Crippen molar-refractivity contribution in [1.29, 1.82) is 0 Å². The SMILES string of the molecule is CCc1c(-c2cc(C)c3ncnn3c2)[nH]c2cc(-c3nc4ccc(N5CCN(CC(N)=O)CC5)cc4[nH]3)sc12. The lowest BCUT2D eigenvalue weighted by Crippen LogP contribution is -2.48. The Morgan fingerprint density at radius 1 is 1.10 bits per heavy atom. The van der Waals surface area contributed by atoms with Crippen LogP contribution in [0, 0.1) is 6.92 Å². The number of fused-ring (bicyclic) bond motifs is 3. The third-order valence-corrected chi connectivity index (χ3v) is 8.79. The van der Waals surface area contributed by atoms with Gasteiger partial charge in [0.15, 0.2) is 5.65 Å². The first-order chi connectivity index (χ1) is 19.0. The Kier molecular flexibility index (Phi) is 5.64. The number of nitrogens with one attached hydrogen (secondary N) is 2. The van der Waals surface area contributed by atoms with E-state index in [1.54, 1.807) is 17.7 Å². The maximum Gasteiger partial charge on any atom is 0.231 e. The molecule has 11 heteroatoms. The Labute approximate surface area is 228 Å². The van der Waals surface area contributed by atoms with Crippen molar-refractivity contribution in [3.8, 4) is 22.0 Å². The highest BCUT2D eigenvalue weighted by molar-refractivity contribution is 7.22. The number of hydrogen-bond donors (Lipinski definition) is 3. The fourth-order valence-electron chi connectivity index (χ4n) is 5.66. The number of pyridine rings is 1. The molecule has 6 aromatic rings. The van der Waals surface area contributed by atoms with Crippen molar-refractivity contribution in [2.45, 2.75) is 20.3 Å². The van der Waals surface area contributed by atoms with Crippen LogP contribution in [0.5, 0.6) is 0 Å². The highest BCUT2D eigenvalue weighted by Gasteiger charge is 2.21. The molecule has 0 aliphatic carbocycles. The van der Waals surface area contributed by atoms with Crippen molar-refractivity contribution in [2.75, 3.05) is 37.6 Å². The van der Waals surface area contributed by atoms with Crippen molar-refractivity contribution in [3.05, 3.63) is 54.0 Å². The second-order valence-electron chi connectivity index (χ2n) is 10.1. The zero-order chi connectivity index (χ0) is 26.7. The van der Waals surface area contributed by atoms with Gasteiger partial charge in [0, 0.05) is 43.6 Å². The predicted molar refractivity (Wildman–Crippen MR) is 155 cm³/mol. The smallest absolute Gasteiger partial charge is 0.231 e. The Morgan fingerprint density at radius 2 is 1.95 bits per heavy atom. The molecule has 1 aliphatic heterocycles. The molecule has 0 radical (unpaired) electrons. The number of aryl methyl sites for hydroxylation is 2. The van der Waals surface area contributed by atoms with Crippen molar-refractivity contribution in [2.24, 2.45) is 5.73 Å². The Balaban J connectivity index is 1.18. The molecule has 0 saturated carbocycles. The van der Waals surface area contributed by atoms with Crippen LogP contribution in [-0.2, 0) is 11.2 Å². The summed E-state index contributed by atoms with van der Waals surface area (Å²) in [5.74, 6) is 0.609. The number of nitrogens with two attached hydrogens (primary N) is 1. The number of carbonyl (C=O) groups is 1. The molecule has 10 nitrogen and oxygen atoms in total. The summed E-state index contributed by atoms with van der Waals surface area (Å²) in [5, 5.41) is 4.35. The summed E-state index contributed by atoms with van der Waals surface area (Å²) in [4.78, 5) is 33.3. The molecule has 39 heavy (non-hydrogen) atoms. The van der Waals surface area contributed by atoms with Crippen LogP contribution in [0.2, 0.25) is 0 Å². The fraction of sp³-hybridized carbons (Fsp3) is 0.286. The molecule has 198 valence electrons. The summed E-state index contributed by atoms with van der Waals surface area (Å²) in [6.07, 6.45) is 4.55. The summed E-state index contributed by atoms with van der Waals surface area (Å²) < 4.78 is 3.10. The van der Waals surface area contributed by atoms with Crippen molar-refractivity contribution < 1.29 is 4.79 Å². The lowest BCUT2D eigenvalue weighted by molar-refractivity contribution is -0.119. The van der Waals surface area contributed by atoms with E-state index in [1.165, 1.54) is 10.3 Å². The second-order valence-corrected chi connectivity index (χ2v) is 11.2. The minimum absolute atomic E-state index is 0.272. The fourth-order valence-corrected chi connectivity index (χ4v) is 6.84. The quantitative estimate of drug-likeness (QED) is 0.294. The van der Waals surface area contributed by atoms with E-state index in [0.29, 0.717) is 6.54 Å². The predicted octanol–water partition coefficient (Wildman–Crippen LogP) is 3.96. The monoisotopic (exact) mass is 539 g/mol. The minimum atomic E-state index is -0.272. The largest absolute Gasteiger partial charge is 0.369 e. The number of rotatable bonds is 6. The van der Waals surface area contributed by atoms with E-state index in [-0.39, 0.29) is 5.91 Å². The number of amides is 1. The van der Waals surface area contributed by atoms with Crippen molar-refractivity contribution in [3.63, 3.8) is 0 Å². The van der Waals surface area contributed by atoms with E-state index in [4.69, 9.17) is 10.7 Å². The number of aromatic nitrogens is 6. The first-order valence-electron chi connectivity index (χ1n) is 13.2. The van der Waals surface area contributed by atoms with Crippen LogP contribution < -0.4 is 10.6 Å². The van der Waals surface area contributed by atoms with Gasteiger partial charge in [-0.25, -0.2) is 14.5 Å². The number of imidazole rings is 1. The van der Waals surface area contributed by atoms with Gasteiger partial charge in [-0.05, 0) is 54.8 Å². The summed E-state index contributed by atoms with van der Waals surface area (Å²) >= 11 is 1.77. The normalized spacial score (nSPS) is 14.8. The maximum atomic E-state index is 11.2. The molecule has 1 fully saturated rings. The summed E-state index contributed by atoms with van der Waals surface area (Å²) in [6.45, 7) is 7.96. The van der Waals surface area contributed by atoms with Gasteiger partial charge in [-0.2, -0.15) is 5.10 Å². The number of anilines is 1. The van der Waals surface area contributed by atoms with Crippen LogP contribution >= 0.6 is 11.3 Å². The Hall–Kier alpha value is -4.22. The molecule has 1 saturated heterocycles. The molecule has 7 rings (SSSR count). The lowest BCUT2D eigenvalue weighted by Gasteiger charge is -2.35. The van der Waals surface area contributed by atoms with Gasteiger partial charge in [0.05, 0.1) is 38.4 Å². The highest BCUT2D eigenvalue weighted by atomic mass is 32.1. The third kappa shape index (κ3) is 4.14. The van der Waals surface area contributed by atoms with Crippen LogP contribution in [0.25, 0.3) is 48.9 Å². The van der Waals surface area contributed by atoms with E-state index in [2.05, 4.69) is 74.0 Å². The van der Waals surface area contributed by atoms with Crippen LogP contribution in [0.1, 0.15) is 18.1 Å². The molecule has 0 unspecified atom stereocenters. The number of aromatic amines is 2. The molecule has 0 spiro atoms. The van der Waals surface area contributed by atoms with Crippen LogP contribution in [0.4, 0.5) is 5.69 Å². The molecule has 6 heterocycles. The van der Waals surface area contributed by atoms with Crippen LogP contribution in [0.3, 0.4) is 0 Å². The number of hydrogen-bond acceptors (Lipinski definition) is 7. The molecule has 0 bridgehead atoms. The Bertz CT molecular complexity index is 1850. The molecule has 5 aromatic heterocycles. The van der Waals surface area contributed by atoms with Gasteiger partial charge in [0.25, 0.3) is 0 Å². The standard InChI is InChI=1S/C28H29N9OS/c1-3-19-25(17-10-16(2)28-30-15-31-37(28)13-17)32-22-12-23(39-26(19)22)27-33-20-5-4-18(11-21(20)34-27)36-8-6-35(7-9-36)14-24(29)38/h4-5,10-13,15,32H,3,6-9,14H2,1-2H3,(H2,29,38)(H,33,34). The van der Waals surface area contributed by atoms with Crippen LogP contribution in [-0.4, -0.2) is 73.1 Å². The highest BCUT2D eigenvalue weighted by Crippen LogP contribution is 2.40. The lowest BCUT2D eigenvalue weighted by atomic mass is 10.1. The molecule has 4 N–H and O–H groups in total. The van der Waals surface area contributed by atoms with Gasteiger partial charge < -0.3 is 20.6 Å². The van der Waals surface area contributed by atoms with E-state index in [0.717, 1.165) is 88.0 Å². The second kappa shape index (κ2) is 9.21. The number of thiophene rings is 1. The van der Waals surface area contributed by atoms with Crippen molar-refractivity contribution in [1.82, 2.24) is 34.4 Å². The first kappa shape index (κ1) is 23.9. The average Bonchev–Trinajstić information content (AvgIpc) is 3.70. The molecular formula is C28H29N9OS. The molecule has 0 atom stereocenters. The van der Waals surface area contributed by atoms with Gasteiger partial charge in [-0.1, -0.05) is 6.92 Å². The minimum Gasteiger partial charge on any atom is -0.369 e. The van der Waals surface area contributed by atoms with E-state index in [9.17, 15) is 4.79 Å². The van der Waals surface area contributed by atoms with Gasteiger partial charge in [-0.15, -0.1) is 11.3 Å². The average molecular weight is 540 g/mol. The summed E-state index contributed by atoms with van der Waals surface area (Å²) in [5.41, 5.74) is 15.1. The summed E-state index contributed by atoms with van der Waals surface area (Å²) in [7, 11) is 0. The third-order valence-electron chi connectivity index (χ3n) is 7.58. The maximum absolute atomic E-state index is 11.2. The van der Waals surface area contributed by atoms with Gasteiger partial charge in [0.1, 0.15) is 12.2 Å². The zero-order valence-electron chi connectivity index (χ0n) is 21.9. The number of piperazine rings is 1. The van der Waals surface area contributed by atoms with E-state index >= 15 is 0 Å². The number of primary amides is 1. The first-order valence-corrected chi connectivity index (χ1v) is 14.0. The molecular weight excluding hydrogens is 510 g/mol. The molecule has 1 aromatic carbocycles. The van der Waals surface area contributed by atoms with Gasteiger partial charge in [0.2, 0.25) is 5.91 Å². The van der Waals surface area contributed by atoms with Gasteiger partial charge in [-0.3, -0.25) is 9.69 Å². The van der Waals surface area contributed by atoms with E-state index in [1.807, 2.05) is 10.7 Å². The Morgan fingerprint density at radius 3 is 2.74 bits per heavy atom. The van der Waals surface area contributed by atoms with E-state index < -0.39 is 0 Å². The zero-order valence-corrected chi connectivity index (χ0v) is 22.7. The number of nitrogens with zero attached hydrogens (tertiary/aromatic N) is 6. The van der Waals surface area contributed by atoms with Crippen molar-refractivity contribution >= 4 is 49.8 Å². The summed E-state index contributed by atoms with van der Waals surface area (Å²) in [6, 6.07) is 10.8. The number of carbonyl (C=O) groups excluding carboxylic acids is 1. The molecule has 1 amide bonds. The molecule has 1 aliphatic rings. The van der Waals surface area contributed by atoms with Gasteiger partial charge >= 0.3 is 0 Å². The van der Waals surface area contributed by atoms with Crippen LogP contribution in [0.15, 0.2) is 42.9 Å².